The van der Waals surface area contributed by atoms with Crippen LogP contribution in [0.25, 0.3) is 10.9 Å². The molecule has 2 fully saturated rings. The highest BCUT2D eigenvalue weighted by Gasteiger charge is 2.27. The van der Waals surface area contributed by atoms with Gasteiger partial charge in [-0.25, -0.2) is 0 Å². The molecule has 26 heavy (non-hydrogen) atoms. The molecule has 1 aliphatic carbocycles. The first-order valence-electron chi connectivity index (χ1n) is 9.26. The van der Waals surface area contributed by atoms with Crippen LogP contribution in [-0.2, 0) is 4.79 Å². The first kappa shape index (κ1) is 18.0. The summed E-state index contributed by atoms with van der Waals surface area (Å²) in [6, 6.07) is 6.94. The predicted molar refractivity (Wildman–Crippen MR) is 108 cm³/mol. The topological polar surface area (TPSA) is 77.2 Å². The quantitative estimate of drug-likeness (QED) is 0.570. The van der Waals surface area contributed by atoms with Crippen LogP contribution in [0.1, 0.15) is 49.6 Å². The second kappa shape index (κ2) is 7.71. The van der Waals surface area contributed by atoms with Crippen molar-refractivity contribution < 1.29 is 9.90 Å². The SMILES string of the molecule is O=C(O)CCC1CS[C@H](c2cc3cc(Cl)cc(NC4CCCC4)c3[nH]2)N1. The first-order chi connectivity index (χ1) is 12.6. The fraction of sp³-hybridized carbons (Fsp3) is 0.526. The Morgan fingerprint density at radius 2 is 2.12 bits per heavy atom. The van der Waals surface area contributed by atoms with E-state index in [-0.39, 0.29) is 17.8 Å². The number of aromatic amines is 1. The second-order valence-electron chi connectivity index (χ2n) is 7.28. The maximum Gasteiger partial charge on any atom is 0.303 e. The second-order valence-corrected chi connectivity index (χ2v) is 8.85. The standard InChI is InChI=1S/C19H24ClN3O2S/c20-12-7-11-8-16(19-22-14(10-26-19)5-6-17(24)25)23-18(11)15(9-12)21-13-3-1-2-4-13/h7-9,13-14,19,21-23H,1-6,10H2,(H,24,25)/t14?,19-/m1/s1. The molecular weight excluding hydrogens is 370 g/mol. The molecule has 1 aromatic carbocycles. The minimum Gasteiger partial charge on any atom is -0.481 e. The van der Waals surface area contributed by atoms with Crippen LogP contribution < -0.4 is 10.6 Å². The zero-order valence-corrected chi connectivity index (χ0v) is 16.1. The number of carboxylic acids is 1. The number of fused-ring (bicyclic) bond motifs is 1. The van der Waals surface area contributed by atoms with Gasteiger partial charge < -0.3 is 15.4 Å². The Bertz CT molecular complexity index is 803. The molecule has 0 amide bonds. The van der Waals surface area contributed by atoms with Crippen LogP contribution in [0.2, 0.25) is 5.02 Å². The number of halogens is 1. The Balaban J connectivity index is 1.52. The van der Waals surface area contributed by atoms with Gasteiger partial charge in [0.2, 0.25) is 0 Å². The number of H-pyrrole nitrogens is 1. The number of carbonyl (C=O) groups is 1. The summed E-state index contributed by atoms with van der Waals surface area (Å²) < 4.78 is 0. The molecule has 5 nitrogen and oxygen atoms in total. The van der Waals surface area contributed by atoms with Crippen molar-refractivity contribution in [2.24, 2.45) is 0 Å². The molecule has 1 saturated carbocycles. The molecule has 1 aliphatic heterocycles. The lowest BCUT2D eigenvalue weighted by molar-refractivity contribution is -0.137. The number of aromatic nitrogens is 1. The van der Waals surface area contributed by atoms with E-state index in [2.05, 4.69) is 21.7 Å². The minimum absolute atomic E-state index is 0.166. The van der Waals surface area contributed by atoms with Gasteiger partial charge in [0.05, 0.1) is 16.6 Å². The molecule has 7 heteroatoms. The van der Waals surface area contributed by atoms with E-state index in [0.717, 1.165) is 33.1 Å². The molecule has 4 rings (SSSR count). The van der Waals surface area contributed by atoms with Gasteiger partial charge >= 0.3 is 5.97 Å². The van der Waals surface area contributed by atoms with Crippen LogP contribution in [0, 0.1) is 0 Å². The predicted octanol–water partition coefficient (Wildman–Crippen LogP) is 4.74. The Kier molecular flexibility index (Phi) is 5.34. The van der Waals surface area contributed by atoms with Crippen LogP contribution in [0.3, 0.4) is 0 Å². The van der Waals surface area contributed by atoms with E-state index in [1.54, 1.807) is 0 Å². The van der Waals surface area contributed by atoms with Crippen molar-refractivity contribution in [1.82, 2.24) is 10.3 Å². The Morgan fingerprint density at radius 3 is 2.88 bits per heavy atom. The van der Waals surface area contributed by atoms with E-state index < -0.39 is 5.97 Å². The number of benzene rings is 1. The summed E-state index contributed by atoms with van der Waals surface area (Å²) in [5.41, 5.74) is 3.31. The molecule has 2 aliphatic rings. The largest absolute Gasteiger partial charge is 0.481 e. The number of rotatable bonds is 6. The lowest BCUT2D eigenvalue weighted by Gasteiger charge is -2.15. The molecule has 0 bridgehead atoms. The average Bonchev–Trinajstić information content (AvgIpc) is 3.32. The van der Waals surface area contributed by atoms with Crippen LogP contribution in [0.15, 0.2) is 18.2 Å². The summed E-state index contributed by atoms with van der Waals surface area (Å²) in [5, 5.41) is 18.1. The van der Waals surface area contributed by atoms with Gasteiger partial charge in [0.15, 0.2) is 0 Å². The van der Waals surface area contributed by atoms with Crippen molar-refractivity contribution in [1.29, 1.82) is 0 Å². The van der Waals surface area contributed by atoms with E-state index in [4.69, 9.17) is 16.7 Å². The zero-order valence-electron chi connectivity index (χ0n) is 14.6. The van der Waals surface area contributed by atoms with E-state index in [9.17, 15) is 4.79 Å². The lowest BCUT2D eigenvalue weighted by atomic mass is 10.2. The van der Waals surface area contributed by atoms with Crippen LogP contribution in [0.5, 0.6) is 0 Å². The number of anilines is 1. The number of hydrogen-bond donors (Lipinski definition) is 4. The Hall–Kier alpha value is -1.37. The normalized spacial score (nSPS) is 23.7. The van der Waals surface area contributed by atoms with Crippen LogP contribution >= 0.6 is 23.4 Å². The van der Waals surface area contributed by atoms with Crippen molar-refractivity contribution in [3.63, 3.8) is 0 Å². The van der Waals surface area contributed by atoms with E-state index in [1.807, 2.05) is 23.9 Å². The fourth-order valence-electron chi connectivity index (χ4n) is 3.94. The molecule has 140 valence electrons. The van der Waals surface area contributed by atoms with Crippen LogP contribution in [0.4, 0.5) is 5.69 Å². The van der Waals surface area contributed by atoms with Crippen molar-refractivity contribution in [2.45, 2.75) is 56.0 Å². The van der Waals surface area contributed by atoms with Gasteiger partial charge in [-0.15, -0.1) is 11.8 Å². The molecule has 2 atom stereocenters. The first-order valence-corrected chi connectivity index (χ1v) is 10.7. The number of carboxylic acid groups (broad SMARTS) is 1. The summed E-state index contributed by atoms with van der Waals surface area (Å²) in [4.78, 5) is 14.3. The third kappa shape index (κ3) is 3.97. The number of thioether (sulfide) groups is 1. The lowest BCUT2D eigenvalue weighted by Crippen LogP contribution is -2.26. The third-order valence-electron chi connectivity index (χ3n) is 5.27. The van der Waals surface area contributed by atoms with E-state index in [1.165, 1.54) is 25.7 Å². The molecule has 2 aromatic rings. The minimum atomic E-state index is -0.733. The van der Waals surface area contributed by atoms with E-state index >= 15 is 0 Å². The highest BCUT2D eigenvalue weighted by atomic mass is 35.5. The molecule has 1 unspecified atom stereocenters. The summed E-state index contributed by atoms with van der Waals surface area (Å²) in [5.74, 6) is 0.199. The summed E-state index contributed by atoms with van der Waals surface area (Å²) in [6.07, 6.45) is 5.89. The molecule has 0 spiro atoms. The van der Waals surface area contributed by atoms with Crippen LogP contribution in [-0.4, -0.2) is 33.9 Å². The monoisotopic (exact) mass is 393 g/mol. The van der Waals surface area contributed by atoms with Gasteiger partial charge in [0, 0.05) is 40.4 Å². The van der Waals surface area contributed by atoms with Crippen molar-refractivity contribution in [3.05, 3.63) is 28.9 Å². The molecular formula is C19H24ClN3O2S. The highest BCUT2D eigenvalue weighted by molar-refractivity contribution is 7.99. The van der Waals surface area contributed by atoms with Crippen molar-refractivity contribution in [3.8, 4) is 0 Å². The highest BCUT2D eigenvalue weighted by Crippen LogP contribution is 2.38. The molecule has 2 heterocycles. The van der Waals surface area contributed by atoms with Gasteiger partial charge in [-0.3, -0.25) is 10.1 Å². The Morgan fingerprint density at radius 1 is 1.31 bits per heavy atom. The van der Waals surface area contributed by atoms with Gasteiger partial charge in [-0.1, -0.05) is 24.4 Å². The molecule has 0 radical (unpaired) electrons. The third-order valence-corrected chi connectivity index (χ3v) is 6.81. The molecule has 4 N–H and O–H groups in total. The summed E-state index contributed by atoms with van der Waals surface area (Å²) in [7, 11) is 0. The number of hydrogen-bond acceptors (Lipinski definition) is 4. The number of aliphatic carboxylic acids is 1. The smallest absolute Gasteiger partial charge is 0.303 e. The average molecular weight is 394 g/mol. The van der Waals surface area contributed by atoms with E-state index in [0.29, 0.717) is 12.5 Å². The van der Waals surface area contributed by atoms with Crippen molar-refractivity contribution >= 4 is 45.9 Å². The summed E-state index contributed by atoms with van der Waals surface area (Å²) in [6.45, 7) is 0. The Labute approximate surface area is 162 Å². The van der Waals surface area contributed by atoms with Gasteiger partial charge in [0.25, 0.3) is 0 Å². The number of nitrogens with one attached hydrogen (secondary N) is 3. The molecule has 1 aromatic heterocycles. The maximum absolute atomic E-state index is 10.8. The fourth-order valence-corrected chi connectivity index (χ4v) is 5.45. The van der Waals surface area contributed by atoms with Gasteiger partial charge in [0.1, 0.15) is 0 Å². The van der Waals surface area contributed by atoms with Crippen molar-refractivity contribution in [2.75, 3.05) is 11.1 Å². The maximum atomic E-state index is 10.8. The zero-order chi connectivity index (χ0) is 18.1. The molecule has 1 saturated heterocycles. The van der Waals surface area contributed by atoms with Gasteiger partial charge in [-0.2, -0.15) is 0 Å². The van der Waals surface area contributed by atoms with Gasteiger partial charge in [-0.05, 0) is 37.5 Å². The summed E-state index contributed by atoms with van der Waals surface area (Å²) >= 11 is 8.17.